The van der Waals surface area contributed by atoms with E-state index in [1.54, 1.807) is 24.1 Å². The molecule has 3 aromatic rings. The van der Waals surface area contributed by atoms with Crippen LogP contribution in [0.3, 0.4) is 0 Å². The van der Waals surface area contributed by atoms with Gasteiger partial charge in [-0.2, -0.15) is 5.10 Å². The third-order valence-electron chi connectivity index (χ3n) is 3.71. The summed E-state index contributed by atoms with van der Waals surface area (Å²) in [6, 6.07) is 7.45. The largest absolute Gasteiger partial charge is 0.505 e. The van der Waals surface area contributed by atoms with Crippen LogP contribution in [0.2, 0.25) is 0 Å². The van der Waals surface area contributed by atoms with Crippen LogP contribution in [0.15, 0.2) is 61.2 Å². The molecule has 0 spiro atoms. The molecule has 8 nitrogen and oxygen atoms in total. The Morgan fingerprint density at radius 3 is 2.74 bits per heavy atom. The van der Waals surface area contributed by atoms with E-state index >= 15 is 0 Å². The molecule has 0 saturated heterocycles. The van der Waals surface area contributed by atoms with Crippen molar-refractivity contribution in [2.45, 2.75) is 6.54 Å². The molecule has 27 heavy (non-hydrogen) atoms. The Kier molecular flexibility index (Phi) is 5.36. The average molecular weight is 362 g/mol. The van der Waals surface area contributed by atoms with Crippen LogP contribution < -0.4 is 5.32 Å². The van der Waals surface area contributed by atoms with Crippen molar-refractivity contribution in [3.05, 3.63) is 72.3 Å². The number of amides is 1. The lowest BCUT2D eigenvalue weighted by Crippen LogP contribution is -2.20. The summed E-state index contributed by atoms with van der Waals surface area (Å²) in [5.74, 6) is 0.200. The molecule has 0 bridgehead atoms. The van der Waals surface area contributed by atoms with E-state index in [1.807, 2.05) is 24.3 Å². The fraction of sp³-hybridized carbons (Fsp3) is 0.105. The molecular weight excluding hydrogens is 344 g/mol. The molecule has 0 aliphatic heterocycles. The Morgan fingerprint density at radius 2 is 2.04 bits per heavy atom. The highest BCUT2D eigenvalue weighted by Crippen LogP contribution is 2.17. The van der Waals surface area contributed by atoms with Crippen molar-refractivity contribution >= 4 is 11.6 Å². The van der Waals surface area contributed by atoms with Gasteiger partial charge in [0, 0.05) is 37.0 Å². The maximum atomic E-state index is 12.0. The predicted molar refractivity (Wildman–Crippen MR) is 100 cm³/mol. The third kappa shape index (κ3) is 4.85. The number of allylic oxidation sites excluding steroid dienone is 1. The second-order valence-corrected chi connectivity index (χ2v) is 5.83. The van der Waals surface area contributed by atoms with Gasteiger partial charge in [-0.25, -0.2) is 9.97 Å². The first kappa shape index (κ1) is 18.0. The number of carbonyl (C=O) groups is 1. The summed E-state index contributed by atoms with van der Waals surface area (Å²) in [6.45, 7) is 0.329. The van der Waals surface area contributed by atoms with Crippen molar-refractivity contribution in [3.63, 3.8) is 0 Å². The smallest absolute Gasteiger partial charge is 0.244 e. The second kappa shape index (κ2) is 8.05. The highest BCUT2D eigenvalue weighted by atomic mass is 16.3. The van der Waals surface area contributed by atoms with Crippen molar-refractivity contribution < 1.29 is 9.90 Å². The molecule has 0 aliphatic rings. The van der Waals surface area contributed by atoms with Crippen molar-refractivity contribution in [2.75, 3.05) is 0 Å². The van der Waals surface area contributed by atoms with Crippen LogP contribution in [-0.4, -0.2) is 36.5 Å². The Bertz CT molecular complexity index is 991. The Balaban J connectivity index is 1.59. The van der Waals surface area contributed by atoms with Gasteiger partial charge in [-0.1, -0.05) is 18.2 Å². The second-order valence-electron chi connectivity index (χ2n) is 5.83. The van der Waals surface area contributed by atoms with Gasteiger partial charge >= 0.3 is 0 Å². The number of aromatic hydroxyl groups is 1. The summed E-state index contributed by atoms with van der Waals surface area (Å²) in [7, 11) is 1.77. The standard InChI is InChI=1S/C19H18N6O2/c1-25-12-15(9-24-25)17(20)5-6-18(27)21-8-13-3-2-4-14(7-13)19-22-10-16(26)11-23-19/h2-7,9-12,20,26H,8H2,1H3,(H,21,27)/b6-5-,20-17?. The zero-order valence-electron chi connectivity index (χ0n) is 14.6. The van der Waals surface area contributed by atoms with E-state index in [9.17, 15) is 9.90 Å². The lowest BCUT2D eigenvalue weighted by Gasteiger charge is -2.05. The van der Waals surface area contributed by atoms with E-state index in [2.05, 4.69) is 20.4 Å². The number of aromatic nitrogens is 4. The average Bonchev–Trinajstić information content (AvgIpc) is 3.12. The maximum absolute atomic E-state index is 12.0. The van der Waals surface area contributed by atoms with Crippen LogP contribution in [0.4, 0.5) is 0 Å². The number of hydrogen-bond donors (Lipinski definition) is 3. The SMILES string of the molecule is Cn1cc(C(=N)/C=C\C(=O)NCc2cccc(-c3ncc(O)cn3)c2)cn1. The van der Waals surface area contributed by atoms with E-state index in [-0.39, 0.29) is 17.4 Å². The molecule has 2 aromatic heterocycles. The molecule has 0 unspecified atom stereocenters. The van der Waals surface area contributed by atoms with Crippen LogP contribution in [-0.2, 0) is 18.4 Å². The molecule has 0 aliphatic carbocycles. The molecule has 1 amide bonds. The molecule has 0 radical (unpaired) electrons. The minimum Gasteiger partial charge on any atom is -0.505 e. The molecule has 0 atom stereocenters. The number of hydrogen-bond acceptors (Lipinski definition) is 6. The van der Waals surface area contributed by atoms with Crippen LogP contribution in [0.1, 0.15) is 11.1 Å². The zero-order valence-corrected chi connectivity index (χ0v) is 14.6. The van der Waals surface area contributed by atoms with Crippen molar-refractivity contribution in [3.8, 4) is 17.1 Å². The Labute approximate surface area is 155 Å². The summed E-state index contributed by atoms with van der Waals surface area (Å²) in [4.78, 5) is 20.1. The lowest BCUT2D eigenvalue weighted by atomic mass is 10.1. The molecule has 0 saturated carbocycles. The normalized spacial score (nSPS) is 10.9. The number of rotatable bonds is 6. The molecule has 8 heteroatoms. The van der Waals surface area contributed by atoms with Crippen LogP contribution in [0.5, 0.6) is 5.75 Å². The number of nitrogens with zero attached hydrogens (tertiary/aromatic N) is 4. The van der Waals surface area contributed by atoms with Gasteiger partial charge in [0.1, 0.15) is 0 Å². The summed E-state index contributed by atoms with van der Waals surface area (Å²) in [5, 5.41) is 24.0. The van der Waals surface area contributed by atoms with Gasteiger partial charge in [0.15, 0.2) is 11.6 Å². The fourth-order valence-electron chi connectivity index (χ4n) is 2.35. The monoisotopic (exact) mass is 362 g/mol. The first-order valence-electron chi connectivity index (χ1n) is 8.15. The summed E-state index contributed by atoms with van der Waals surface area (Å²) >= 11 is 0. The van der Waals surface area contributed by atoms with Crippen molar-refractivity contribution in [1.82, 2.24) is 25.1 Å². The maximum Gasteiger partial charge on any atom is 0.244 e. The number of aryl methyl sites for hydroxylation is 1. The minimum absolute atomic E-state index is 0.00538. The van der Waals surface area contributed by atoms with E-state index < -0.39 is 0 Å². The molecule has 2 heterocycles. The topological polar surface area (TPSA) is 117 Å². The number of benzene rings is 1. The summed E-state index contributed by atoms with van der Waals surface area (Å²) < 4.78 is 1.60. The van der Waals surface area contributed by atoms with E-state index in [0.717, 1.165) is 11.1 Å². The molecule has 0 fully saturated rings. The molecule has 3 rings (SSSR count). The van der Waals surface area contributed by atoms with E-state index in [0.29, 0.717) is 17.9 Å². The van der Waals surface area contributed by atoms with Gasteiger partial charge in [-0.05, 0) is 17.7 Å². The fourth-order valence-corrected chi connectivity index (χ4v) is 2.35. The van der Waals surface area contributed by atoms with Crippen molar-refractivity contribution in [1.29, 1.82) is 5.41 Å². The highest BCUT2D eigenvalue weighted by Gasteiger charge is 2.04. The Morgan fingerprint density at radius 1 is 1.26 bits per heavy atom. The van der Waals surface area contributed by atoms with E-state index in [4.69, 9.17) is 5.41 Å². The lowest BCUT2D eigenvalue weighted by molar-refractivity contribution is -0.116. The Hall–Kier alpha value is -3.81. The van der Waals surface area contributed by atoms with Gasteiger partial charge in [0.2, 0.25) is 5.91 Å². The van der Waals surface area contributed by atoms with Gasteiger partial charge in [0.25, 0.3) is 0 Å². The van der Waals surface area contributed by atoms with Gasteiger partial charge < -0.3 is 15.8 Å². The van der Waals surface area contributed by atoms with Gasteiger partial charge in [-0.15, -0.1) is 0 Å². The van der Waals surface area contributed by atoms with Crippen molar-refractivity contribution in [2.24, 2.45) is 7.05 Å². The number of nitrogens with one attached hydrogen (secondary N) is 2. The third-order valence-corrected chi connectivity index (χ3v) is 3.71. The van der Waals surface area contributed by atoms with E-state index in [1.165, 1.54) is 24.5 Å². The number of carbonyl (C=O) groups excluding carboxylic acids is 1. The molecule has 1 aromatic carbocycles. The van der Waals surface area contributed by atoms with Crippen LogP contribution in [0.25, 0.3) is 11.4 Å². The van der Waals surface area contributed by atoms with Gasteiger partial charge in [-0.3, -0.25) is 9.48 Å². The first-order valence-corrected chi connectivity index (χ1v) is 8.15. The highest BCUT2D eigenvalue weighted by molar-refractivity contribution is 6.08. The zero-order chi connectivity index (χ0) is 19.2. The predicted octanol–water partition coefficient (Wildman–Crippen LogP) is 1.82. The van der Waals surface area contributed by atoms with Gasteiger partial charge in [0.05, 0.1) is 24.3 Å². The van der Waals surface area contributed by atoms with Crippen LogP contribution in [0, 0.1) is 5.41 Å². The van der Waals surface area contributed by atoms with Crippen LogP contribution >= 0.6 is 0 Å². The minimum atomic E-state index is -0.296. The molecule has 3 N–H and O–H groups in total. The quantitative estimate of drug-likeness (QED) is 0.457. The summed E-state index contributed by atoms with van der Waals surface area (Å²) in [6.07, 6.45) is 8.70. The first-order chi connectivity index (χ1) is 13.0. The molecule has 136 valence electrons. The summed E-state index contributed by atoms with van der Waals surface area (Å²) in [5.41, 5.74) is 2.52. The molecular formula is C19H18N6O2.